The molecule has 1 saturated carbocycles. The van der Waals surface area contributed by atoms with E-state index in [0.29, 0.717) is 17.1 Å². The van der Waals surface area contributed by atoms with Crippen molar-refractivity contribution in [3.05, 3.63) is 36.2 Å². The van der Waals surface area contributed by atoms with Crippen LogP contribution in [0.5, 0.6) is 5.75 Å². The predicted molar refractivity (Wildman–Crippen MR) is 111 cm³/mol. The fraction of sp³-hybridized carbons (Fsp3) is 0.409. The first-order valence-electron chi connectivity index (χ1n) is 10.4. The lowest BCUT2D eigenvalue weighted by atomic mass is 10.0. The number of carbonyl (C=O) groups excluding carboxylic acids is 2. The van der Waals surface area contributed by atoms with Crippen LogP contribution in [-0.4, -0.2) is 63.5 Å². The number of amides is 2. The number of halogens is 2. The average molecular weight is 457 g/mol. The van der Waals surface area contributed by atoms with E-state index in [1.165, 1.54) is 18.5 Å². The third-order valence-corrected chi connectivity index (χ3v) is 5.55. The van der Waals surface area contributed by atoms with Crippen molar-refractivity contribution in [3.63, 3.8) is 0 Å². The summed E-state index contributed by atoms with van der Waals surface area (Å²) in [6, 6.07) is 7.98. The minimum Gasteiger partial charge on any atom is -0.483 e. The van der Waals surface area contributed by atoms with E-state index in [9.17, 15) is 23.6 Å². The van der Waals surface area contributed by atoms with Crippen LogP contribution in [-0.2, 0) is 9.59 Å². The lowest BCUT2D eigenvalue weighted by molar-refractivity contribution is -0.161. The molecule has 2 fully saturated rings. The number of anilines is 1. The molecule has 2 aromatic rings. The maximum atomic E-state index is 14.6. The minimum absolute atomic E-state index is 0.00983. The normalized spacial score (nSPS) is 19.5. The Morgan fingerprint density at radius 1 is 1.27 bits per heavy atom. The SMILES string of the molecule is N#Cc1cc(-c2cc(NC(=O)C3CC3)ncn2)ccc1OC1CCN(C(=O)CO)CC1(F)F. The number of benzene rings is 1. The molecule has 2 N–H and O–H groups in total. The summed E-state index contributed by atoms with van der Waals surface area (Å²) in [7, 11) is 0. The standard InChI is InChI=1S/C22H21F2N5O4/c23-22(24)11-29(20(31)10-30)6-5-18(22)33-17-4-3-14(7-15(17)9-25)16-8-19(27-12-26-16)28-21(32)13-1-2-13/h3-4,7-8,12-13,18,30H,1-2,5-6,10-11H2,(H,26,27,28,32). The highest BCUT2D eigenvalue weighted by molar-refractivity contribution is 5.93. The number of rotatable bonds is 6. The van der Waals surface area contributed by atoms with Crippen LogP contribution in [0.25, 0.3) is 11.3 Å². The van der Waals surface area contributed by atoms with Gasteiger partial charge in [0.15, 0.2) is 6.10 Å². The zero-order valence-electron chi connectivity index (χ0n) is 17.5. The van der Waals surface area contributed by atoms with Gasteiger partial charge in [0.25, 0.3) is 0 Å². The number of aliphatic hydroxyl groups is 1. The maximum absolute atomic E-state index is 14.6. The number of piperidine rings is 1. The van der Waals surface area contributed by atoms with Gasteiger partial charge in [-0.05, 0) is 31.0 Å². The average Bonchev–Trinajstić information content (AvgIpc) is 3.65. The summed E-state index contributed by atoms with van der Waals surface area (Å²) in [5, 5.41) is 21.2. The van der Waals surface area contributed by atoms with Crippen molar-refractivity contribution in [2.24, 2.45) is 5.92 Å². The Morgan fingerprint density at radius 2 is 2.06 bits per heavy atom. The molecule has 33 heavy (non-hydrogen) atoms. The lowest BCUT2D eigenvalue weighted by Crippen LogP contribution is -2.55. The Kier molecular flexibility index (Phi) is 6.20. The van der Waals surface area contributed by atoms with Gasteiger partial charge in [-0.15, -0.1) is 0 Å². The van der Waals surface area contributed by atoms with Crippen LogP contribution in [0, 0.1) is 17.2 Å². The van der Waals surface area contributed by atoms with Crippen LogP contribution in [0.1, 0.15) is 24.8 Å². The maximum Gasteiger partial charge on any atom is 0.301 e. The summed E-state index contributed by atoms with van der Waals surface area (Å²) in [4.78, 5) is 32.6. The third-order valence-electron chi connectivity index (χ3n) is 5.55. The van der Waals surface area contributed by atoms with Crippen molar-refractivity contribution in [1.82, 2.24) is 14.9 Å². The van der Waals surface area contributed by atoms with Crippen molar-refractivity contribution in [2.75, 3.05) is 25.0 Å². The van der Waals surface area contributed by atoms with Crippen LogP contribution in [0.3, 0.4) is 0 Å². The highest BCUT2D eigenvalue weighted by Gasteiger charge is 2.47. The van der Waals surface area contributed by atoms with Gasteiger partial charge in [0.1, 0.15) is 30.6 Å². The fourth-order valence-electron chi connectivity index (χ4n) is 3.57. The van der Waals surface area contributed by atoms with Crippen molar-refractivity contribution in [3.8, 4) is 23.1 Å². The van der Waals surface area contributed by atoms with E-state index in [-0.39, 0.29) is 36.1 Å². The molecule has 2 heterocycles. The molecule has 0 spiro atoms. The van der Waals surface area contributed by atoms with Crippen LogP contribution < -0.4 is 10.1 Å². The molecule has 2 aliphatic rings. The fourth-order valence-corrected chi connectivity index (χ4v) is 3.57. The molecule has 9 nitrogen and oxygen atoms in total. The number of nitriles is 1. The zero-order valence-corrected chi connectivity index (χ0v) is 17.5. The Labute approximate surface area is 188 Å². The van der Waals surface area contributed by atoms with Gasteiger partial charge in [-0.1, -0.05) is 0 Å². The summed E-state index contributed by atoms with van der Waals surface area (Å²) in [6.45, 7) is -1.69. The quantitative estimate of drug-likeness (QED) is 0.679. The zero-order chi connectivity index (χ0) is 23.6. The van der Waals surface area contributed by atoms with Gasteiger partial charge in [-0.3, -0.25) is 9.59 Å². The summed E-state index contributed by atoms with van der Waals surface area (Å²) in [6.07, 6.45) is 1.32. The summed E-state index contributed by atoms with van der Waals surface area (Å²) >= 11 is 0. The molecule has 11 heteroatoms. The Morgan fingerprint density at radius 3 is 2.73 bits per heavy atom. The van der Waals surface area contributed by atoms with E-state index < -0.39 is 31.1 Å². The number of aromatic nitrogens is 2. The molecular formula is C22H21F2N5O4. The molecule has 1 aromatic heterocycles. The molecular weight excluding hydrogens is 436 g/mol. The van der Waals surface area contributed by atoms with Crippen LogP contribution in [0.4, 0.5) is 14.6 Å². The van der Waals surface area contributed by atoms with Crippen molar-refractivity contribution in [2.45, 2.75) is 31.3 Å². The van der Waals surface area contributed by atoms with E-state index in [1.54, 1.807) is 12.1 Å². The number of nitrogens with one attached hydrogen (secondary N) is 1. The first-order valence-corrected chi connectivity index (χ1v) is 10.4. The smallest absolute Gasteiger partial charge is 0.301 e. The van der Waals surface area contributed by atoms with E-state index in [2.05, 4.69) is 15.3 Å². The van der Waals surface area contributed by atoms with Crippen molar-refractivity contribution >= 4 is 17.6 Å². The molecule has 1 saturated heterocycles. The van der Waals surface area contributed by atoms with Gasteiger partial charge in [-0.2, -0.15) is 5.26 Å². The molecule has 1 unspecified atom stereocenters. The second kappa shape index (κ2) is 9.07. The molecule has 1 aliphatic carbocycles. The number of ether oxygens (including phenoxy) is 1. The molecule has 1 aromatic carbocycles. The molecule has 4 rings (SSSR count). The highest BCUT2D eigenvalue weighted by Crippen LogP contribution is 2.34. The molecule has 172 valence electrons. The Balaban J connectivity index is 1.50. The van der Waals surface area contributed by atoms with Gasteiger partial charge in [0.2, 0.25) is 11.8 Å². The van der Waals surface area contributed by atoms with Gasteiger partial charge in [-0.25, -0.2) is 18.7 Å². The van der Waals surface area contributed by atoms with E-state index in [0.717, 1.165) is 17.7 Å². The van der Waals surface area contributed by atoms with Gasteiger partial charge in [0, 0.05) is 30.5 Å². The van der Waals surface area contributed by atoms with Crippen molar-refractivity contribution < 1.29 is 28.2 Å². The number of likely N-dealkylation sites (tertiary alicyclic amines) is 1. The largest absolute Gasteiger partial charge is 0.483 e. The monoisotopic (exact) mass is 457 g/mol. The number of nitrogens with zero attached hydrogens (tertiary/aromatic N) is 4. The number of hydrogen-bond donors (Lipinski definition) is 2. The minimum atomic E-state index is -3.35. The number of hydrogen-bond acceptors (Lipinski definition) is 7. The second-order valence-corrected chi connectivity index (χ2v) is 8.00. The number of carbonyl (C=O) groups is 2. The Hall–Kier alpha value is -3.65. The van der Waals surface area contributed by atoms with E-state index >= 15 is 0 Å². The molecule has 1 atom stereocenters. The Bertz CT molecular complexity index is 1120. The third kappa shape index (κ3) is 5.06. The highest BCUT2D eigenvalue weighted by atomic mass is 19.3. The number of alkyl halides is 2. The molecule has 0 bridgehead atoms. The summed E-state index contributed by atoms with van der Waals surface area (Å²) in [5.41, 5.74) is 1.01. The molecule has 2 amide bonds. The second-order valence-electron chi connectivity index (χ2n) is 8.00. The van der Waals surface area contributed by atoms with E-state index in [4.69, 9.17) is 9.84 Å². The lowest BCUT2D eigenvalue weighted by Gasteiger charge is -2.38. The van der Waals surface area contributed by atoms with Crippen LogP contribution in [0.2, 0.25) is 0 Å². The summed E-state index contributed by atoms with van der Waals surface area (Å²) in [5.74, 6) is -3.89. The van der Waals surface area contributed by atoms with Gasteiger partial charge in [0.05, 0.1) is 17.8 Å². The molecule has 1 aliphatic heterocycles. The topological polar surface area (TPSA) is 128 Å². The predicted octanol–water partition coefficient (Wildman–Crippen LogP) is 1.97. The van der Waals surface area contributed by atoms with Gasteiger partial charge >= 0.3 is 5.92 Å². The van der Waals surface area contributed by atoms with Crippen LogP contribution in [0.15, 0.2) is 30.6 Å². The van der Waals surface area contributed by atoms with E-state index in [1.807, 2.05) is 6.07 Å². The number of aliphatic hydroxyl groups excluding tert-OH is 1. The first kappa shape index (κ1) is 22.5. The first-order chi connectivity index (χ1) is 15.8. The van der Waals surface area contributed by atoms with Gasteiger partial charge < -0.3 is 20.1 Å². The summed E-state index contributed by atoms with van der Waals surface area (Å²) < 4.78 is 34.6. The molecule has 0 radical (unpaired) electrons. The van der Waals surface area contributed by atoms with Crippen molar-refractivity contribution in [1.29, 1.82) is 5.26 Å². The van der Waals surface area contributed by atoms with Crippen LogP contribution >= 0.6 is 0 Å².